The van der Waals surface area contributed by atoms with Gasteiger partial charge in [0, 0.05) is 32.3 Å². The van der Waals surface area contributed by atoms with Gasteiger partial charge in [-0.15, -0.1) is 0 Å². The topological polar surface area (TPSA) is 57.7 Å². The lowest BCUT2D eigenvalue weighted by atomic mass is 10.2. The number of hydrogen-bond donors (Lipinski definition) is 0. The van der Waals surface area contributed by atoms with Crippen LogP contribution in [-0.4, -0.2) is 49.7 Å². The molecule has 1 saturated heterocycles. The van der Waals surface area contributed by atoms with Gasteiger partial charge in [-0.3, -0.25) is 4.79 Å². The lowest BCUT2D eigenvalue weighted by molar-refractivity contribution is -0.137. The van der Waals surface area contributed by atoms with Crippen LogP contribution >= 0.6 is 11.6 Å². The monoisotopic (exact) mass is 422 g/mol. The van der Waals surface area contributed by atoms with Gasteiger partial charge in [0.05, 0.1) is 10.6 Å². The van der Waals surface area contributed by atoms with Crippen LogP contribution in [0.25, 0.3) is 0 Å². The summed E-state index contributed by atoms with van der Waals surface area (Å²) in [4.78, 5) is 12.9. The number of halogens is 4. The summed E-state index contributed by atoms with van der Waals surface area (Å²) < 4.78 is 65.2. The van der Waals surface area contributed by atoms with Gasteiger partial charge in [-0.2, -0.15) is 17.5 Å². The van der Waals surface area contributed by atoms with Crippen molar-refractivity contribution in [3.63, 3.8) is 0 Å². The number of carbonyl (C=O) groups excluding carboxylic acids is 1. The Balaban J connectivity index is 2.17. The normalized spacial score (nSPS) is 17.1. The van der Waals surface area contributed by atoms with E-state index < -0.39 is 26.7 Å². The van der Waals surface area contributed by atoms with Gasteiger partial charge in [-0.05, 0) is 25.1 Å². The standard InChI is InChI=1S/C17H18ClF3N2O3S/c1-2-3-4-5-16(24)22-8-10-23(11-9-22)27(25,26)15-12-13(17(19,20)21)6-7-14(15)18/h2-7,12H,8-11H2,1H3. The maximum atomic E-state index is 12.9. The molecule has 0 atom stereocenters. The Hall–Kier alpha value is -1.84. The SMILES string of the molecule is CC=CC=CC(=O)N1CCN(S(=O)(=O)c2cc(C(F)(F)F)ccc2Cl)CC1. The Bertz CT molecular complexity index is 859. The molecule has 1 heterocycles. The van der Waals surface area contributed by atoms with E-state index in [1.807, 2.05) is 0 Å². The van der Waals surface area contributed by atoms with Gasteiger partial charge in [0.25, 0.3) is 0 Å². The van der Waals surface area contributed by atoms with E-state index in [0.29, 0.717) is 6.07 Å². The number of sulfonamides is 1. The Morgan fingerprint density at radius 1 is 1.15 bits per heavy atom. The summed E-state index contributed by atoms with van der Waals surface area (Å²) in [6, 6.07) is 2.19. The van der Waals surface area contributed by atoms with Crippen molar-refractivity contribution >= 4 is 27.5 Å². The van der Waals surface area contributed by atoms with Gasteiger partial charge in [0.15, 0.2) is 0 Å². The number of allylic oxidation sites excluding steroid dienone is 3. The number of benzene rings is 1. The van der Waals surface area contributed by atoms with E-state index in [-0.39, 0.29) is 37.1 Å². The van der Waals surface area contributed by atoms with E-state index in [9.17, 15) is 26.4 Å². The van der Waals surface area contributed by atoms with Crippen LogP contribution in [0.1, 0.15) is 12.5 Å². The lowest BCUT2D eigenvalue weighted by Crippen LogP contribution is -2.50. The summed E-state index contributed by atoms with van der Waals surface area (Å²) in [5, 5.41) is -0.282. The third kappa shape index (κ3) is 5.12. The third-order valence-corrected chi connectivity index (χ3v) is 6.35. The fourth-order valence-electron chi connectivity index (χ4n) is 2.52. The van der Waals surface area contributed by atoms with Crippen molar-refractivity contribution in [3.05, 3.63) is 53.1 Å². The molecule has 1 aliphatic heterocycles. The van der Waals surface area contributed by atoms with Crippen molar-refractivity contribution in [2.45, 2.75) is 18.0 Å². The molecule has 1 fully saturated rings. The molecule has 2 rings (SSSR count). The minimum atomic E-state index is -4.68. The van der Waals surface area contributed by atoms with Crippen molar-refractivity contribution in [1.29, 1.82) is 0 Å². The number of alkyl halides is 3. The van der Waals surface area contributed by atoms with Gasteiger partial charge in [-0.1, -0.05) is 29.8 Å². The van der Waals surface area contributed by atoms with Crippen molar-refractivity contribution in [2.24, 2.45) is 0 Å². The molecule has 0 radical (unpaired) electrons. The quantitative estimate of drug-likeness (QED) is 0.552. The predicted octanol–water partition coefficient (Wildman–Crippen LogP) is 3.32. The Morgan fingerprint density at radius 3 is 2.33 bits per heavy atom. The number of piperazine rings is 1. The summed E-state index contributed by atoms with van der Waals surface area (Å²) in [5.74, 6) is -0.262. The Kier molecular flexibility index (Phi) is 6.72. The summed E-state index contributed by atoms with van der Waals surface area (Å²) in [6.07, 6.45) is 1.71. The minimum Gasteiger partial charge on any atom is -0.337 e. The van der Waals surface area contributed by atoms with Gasteiger partial charge in [0.1, 0.15) is 4.90 Å². The van der Waals surface area contributed by atoms with E-state index in [4.69, 9.17) is 11.6 Å². The maximum Gasteiger partial charge on any atom is 0.416 e. The van der Waals surface area contributed by atoms with E-state index in [1.54, 1.807) is 25.2 Å². The van der Waals surface area contributed by atoms with Crippen LogP contribution in [0.5, 0.6) is 0 Å². The summed E-state index contributed by atoms with van der Waals surface area (Å²) in [6.45, 7) is 2.01. The molecule has 0 aromatic heterocycles. The molecule has 0 aliphatic carbocycles. The van der Waals surface area contributed by atoms with E-state index in [2.05, 4.69) is 0 Å². The minimum absolute atomic E-state index is 0.0297. The molecule has 0 saturated carbocycles. The van der Waals surface area contributed by atoms with E-state index in [1.165, 1.54) is 11.0 Å². The molecule has 1 aliphatic rings. The van der Waals surface area contributed by atoms with Crippen molar-refractivity contribution < 1.29 is 26.4 Å². The van der Waals surface area contributed by atoms with E-state index in [0.717, 1.165) is 16.4 Å². The zero-order valence-corrected chi connectivity index (χ0v) is 16.0. The first-order valence-corrected chi connectivity index (χ1v) is 9.84. The lowest BCUT2D eigenvalue weighted by Gasteiger charge is -2.33. The second-order valence-electron chi connectivity index (χ2n) is 5.76. The molecule has 1 aromatic carbocycles. The second kappa shape index (κ2) is 8.45. The zero-order valence-electron chi connectivity index (χ0n) is 14.4. The van der Waals surface area contributed by atoms with Crippen LogP contribution in [0, 0.1) is 0 Å². The van der Waals surface area contributed by atoms with Crippen LogP contribution in [0.2, 0.25) is 5.02 Å². The summed E-state index contributed by atoms with van der Waals surface area (Å²) >= 11 is 5.85. The first kappa shape index (κ1) is 21.5. The number of hydrogen-bond acceptors (Lipinski definition) is 3. The average molecular weight is 423 g/mol. The third-order valence-electron chi connectivity index (χ3n) is 3.97. The van der Waals surface area contributed by atoms with Gasteiger partial charge < -0.3 is 4.90 Å². The van der Waals surface area contributed by atoms with Crippen LogP contribution in [0.4, 0.5) is 13.2 Å². The van der Waals surface area contributed by atoms with Gasteiger partial charge >= 0.3 is 6.18 Å². The number of carbonyl (C=O) groups is 1. The largest absolute Gasteiger partial charge is 0.416 e. The van der Waals surface area contributed by atoms with Crippen LogP contribution in [0.3, 0.4) is 0 Å². The van der Waals surface area contributed by atoms with Gasteiger partial charge in [0.2, 0.25) is 15.9 Å². The molecule has 0 bridgehead atoms. The molecular weight excluding hydrogens is 405 g/mol. The first-order chi connectivity index (χ1) is 12.6. The van der Waals surface area contributed by atoms with Crippen molar-refractivity contribution in [1.82, 2.24) is 9.21 Å². The molecule has 0 unspecified atom stereocenters. The molecule has 1 aromatic rings. The van der Waals surface area contributed by atoms with Crippen molar-refractivity contribution in [2.75, 3.05) is 26.2 Å². The number of rotatable bonds is 4. The zero-order chi connectivity index (χ0) is 20.2. The average Bonchev–Trinajstić information content (AvgIpc) is 2.61. The number of amides is 1. The highest BCUT2D eigenvalue weighted by molar-refractivity contribution is 7.89. The fraction of sp³-hybridized carbons (Fsp3) is 0.353. The van der Waals surface area contributed by atoms with Crippen molar-refractivity contribution in [3.8, 4) is 0 Å². The highest BCUT2D eigenvalue weighted by Gasteiger charge is 2.35. The summed E-state index contributed by atoms with van der Waals surface area (Å²) in [5.41, 5.74) is -1.09. The molecule has 148 valence electrons. The van der Waals surface area contributed by atoms with Crippen LogP contribution < -0.4 is 0 Å². The maximum absolute atomic E-state index is 12.9. The van der Waals surface area contributed by atoms with Crippen LogP contribution in [-0.2, 0) is 21.0 Å². The molecule has 1 amide bonds. The highest BCUT2D eigenvalue weighted by atomic mass is 35.5. The number of nitrogens with zero attached hydrogens (tertiary/aromatic N) is 2. The Labute approximate surface area is 160 Å². The van der Waals surface area contributed by atoms with Crippen LogP contribution in [0.15, 0.2) is 47.4 Å². The highest BCUT2D eigenvalue weighted by Crippen LogP contribution is 2.34. The molecule has 0 N–H and O–H groups in total. The first-order valence-electron chi connectivity index (χ1n) is 8.02. The fourth-order valence-corrected chi connectivity index (χ4v) is 4.44. The van der Waals surface area contributed by atoms with Gasteiger partial charge in [-0.25, -0.2) is 8.42 Å². The predicted molar refractivity (Wildman–Crippen MR) is 95.7 cm³/mol. The van der Waals surface area contributed by atoms with E-state index >= 15 is 0 Å². The molecule has 10 heteroatoms. The molecule has 27 heavy (non-hydrogen) atoms. The smallest absolute Gasteiger partial charge is 0.337 e. The molecular formula is C17H18ClF3N2O3S. The molecule has 5 nitrogen and oxygen atoms in total. The summed E-state index contributed by atoms with van der Waals surface area (Å²) in [7, 11) is -4.21. The molecule has 0 spiro atoms. The second-order valence-corrected chi connectivity index (χ2v) is 8.07. The Morgan fingerprint density at radius 2 is 1.78 bits per heavy atom.